The summed E-state index contributed by atoms with van der Waals surface area (Å²) in [6.45, 7) is 1.49. The Morgan fingerprint density at radius 2 is 0.907 bits per heavy atom. The van der Waals surface area contributed by atoms with Gasteiger partial charge >= 0.3 is 5.97 Å². The molecule has 0 aliphatic carbocycles. The second kappa shape index (κ2) is 16.1. The van der Waals surface area contributed by atoms with E-state index in [1.807, 2.05) is 121 Å². The minimum atomic E-state index is -0.979. The number of aliphatic carboxylic acids is 1. The highest BCUT2D eigenvalue weighted by molar-refractivity contribution is 5.67. The summed E-state index contributed by atoms with van der Waals surface area (Å²) in [6, 6.07) is 39.4. The Balaban J connectivity index is 1.42. The van der Waals surface area contributed by atoms with Crippen LogP contribution in [0, 0.1) is 0 Å². The molecule has 0 saturated carbocycles. The number of benzene rings is 4. The lowest BCUT2D eigenvalue weighted by atomic mass is 9.92. The molecule has 1 heterocycles. The van der Waals surface area contributed by atoms with E-state index < -0.39 is 36.5 Å². The minimum absolute atomic E-state index is 0.196. The molecule has 0 bridgehead atoms. The third-order valence-corrected chi connectivity index (χ3v) is 7.36. The highest BCUT2D eigenvalue weighted by atomic mass is 16.6. The van der Waals surface area contributed by atoms with Crippen molar-refractivity contribution in [2.75, 3.05) is 6.61 Å². The van der Waals surface area contributed by atoms with Gasteiger partial charge in [-0.1, -0.05) is 121 Å². The smallest absolute Gasteiger partial charge is 0.306 e. The molecule has 7 heteroatoms. The summed E-state index contributed by atoms with van der Waals surface area (Å²) in [6.07, 6.45) is -3.53. The van der Waals surface area contributed by atoms with Crippen molar-refractivity contribution in [1.82, 2.24) is 0 Å². The first-order chi connectivity index (χ1) is 21.2. The maximum atomic E-state index is 12.0. The van der Waals surface area contributed by atoms with Crippen molar-refractivity contribution >= 4 is 5.97 Å². The Bertz CT molecular complexity index is 1350. The van der Waals surface area contributed by atoms with Gasteiger partial charge in [0.2, 0.25) is 0 Å². The molecule has 5 atom stereocenters. The Morgan fingerprint density at radius 3 is 1.33 bits per heavy atom. The van der Waals surface area contributed by atoms with Crippen molar-refractivity contribution in [2.45, 2.75) is 63.4 Å². The standard InChI is InChI=1S/C36H38O7/c37-33(38)21-31-34(40-23-28-15-7-2-8-16-28)36(42-25-30-19-11-4-12-20-30)35(41-24-29-17-9-3-10-18-29)32(43-31)26-39-22-27-13-5-1-6-14-27/h1-20,31-32,34-36H,21-26H2,(H,37,38)/t31-,32-,34-,35-,36+/m1/s1. The van der Waals surface area contributed by atoms with Crippen LogP contribution >= 0.6 is 0 Å². The fourth-order valence-corrected chi connectivity index (χ4v) is 5.22. The second-order valence-electron chi connectivity index (χ2n) is 10.6. The van der Waals surface area contributed by atoms with Crippen molar-refractivity contribution in [3.8, 4) is 0 Å². The Hall–Kier alpha value is -3.85. The summed E-state index contributed by atoms with van der Waals surface area (Å²) >= 11 is 0. The number of hydrogen-bond donors (Lipinski definition) is 1. The van der Waals surface area contributed by atoms with Crippen molar-refractivity contribution in [1.29, 1.82) is 0 Å². The highest BCUT2D eigenvalue weighted by Crippen LogP contribution is 2.32. The van der Waals surface area contributed by atoms with Crippen LogP contribution in [-0.4, -0.2) is 48.2 Å². The zero-order valence-electron chi connectivity index (χ0n) is 24.1. The molecule has 4 aromatic rings. The molecular weight excluding hydrogens is 544 g/mol. The van der Waals surface area contributed by atoms with Gasteiger partial charge in [-0.25, -0.2) is 0 Å². The number of hydrogen-bond acceptors (Lipinski definition) is 6. The van der Waals surface area contributed by atoms with Crippen LogP contribution in [0.1, 0.15) is 28.7 Å². The predicted molar refractivity (Wildman–Crippen MR) is 162 cm³/mol. The lowest BCUT2D eigenvalue weighted by Crippen LogP contribution is -2.61. The monoisotopic (exact) mass is 582 g/mol. The van der Waals surface area contributed by atoms with Crippen LogP contribution in [0.25, 0.3) is 0 Å². The fourth-order valence-electron chi connectivity index (χ4n) is 5.22. The summed E-state index contributed by atoms with van der Waals surface area (Å²) in [5, 5.41) is 9.85. The van der Waals surface area contributed by atoms with Crippen LogP contribution in [0.5, 0.6) is 0 Å². The van der Waals surface area contributed by atoms with Gasteiger partial charge in [-0.05, 0) is 22.3 Å². The van der Waals surface area contributed by atoms with Crippen molar-refractivity contribution < 1.29 is 33.6 Å². The lowest BCUT2D eigenvalue weighted by molar-refractivity contribution is -0.273. The normalized spacial score (nSPS) is 21.8. The summed E-state index contributed by atoms with van der Waals surface area (Å²) in [4.78, 5) is 12.0. The van der Waals surface area contributed by atoms with Gasteiger partial charge in [0.1, 0.15) is 24.4 Å². The van der Waals surface area contributed by atoms with Gasteiger partial charge < -0.3 is 28.8 Å². The molecule has 224 valence electrons. The van der Waals surface area contributed by atoms with Crippen LogP contribution < -0.4 is 0 Å². The number of rotatable bonds is 15. The Kier molecular flexibility index (Phi) is 11.5. The molecule has 5 rings (SSSR count). The predicted octanol–water partition coefficient (Wildman–Crippen LogP) is 6.20. The van der Waals surface area contributed by atoms with Gasteiger partial charge in [0.15, 0.2) is 0 Å². The third-order valence-electron chi connectivity index (χ3n) is 7.36. The molecule has 1 fully saturated rings. The molecule has 0 spiro atoms. The van der Waals surface area contributed by atoms with Gasteiger partial charge in [-0.2, -0.15) is 0 Å². The maximum absolute atomic E-state index is 12.0. The maximum Gasteiger partial charge on any atom is 0.306 e. The molecule has 0 unspecified atom stereocenters. The van der Waals surface area contributed by atoms with E-state index in [-0.39, 0.29) is 19.6 Å². The first-order valence-corrected chi connectivity index (χ1v) is 14.6. The van der Waals surface area contributed by atoms with E-state index >= 15 is 0 Å². The fraction of sp³-hybridized carbons (Fsp3) is 0.306. The second-order valence-corrected chi connectivity index (χ2v) is 10.6. The van der Waals surface area contributed by atoms with Gasteiger partial charge in [-0.3, -0.25) is 4.79 Å². The molecule has 43 heavy (non-hydrogen) atoms. The van der Waals surface area contributed by atoms with Crippen LogP contribution in [0.15, 0.2) is 121 Å². The third kappa shape index (κ3) is 9.32. The molecule has 4 aromatic carbocycles. The molecule has 7 nitrogen and oxygen atoms in total. The number of ether oxygens (including phenoxy) is 5. The molecule has 0 amide bonds. The molecular formula is C36H38O7. The van der Waals surface area contributed by atoms with Crippen molar-refractivity contribution in [3.63, 3.8) is 0 Å². The van der Waals surface area contributed by atoms with Gasteiger partial charge in [0, 0.05) is 0 Å². The van der Waals surface area contributed by atoms with Crippen LogP contribution in [-0.2, 0) is 54.9 Å². The number of carboxylic acids is 1. The van der Waals surface area contributed by atoms with Gasteiger partial charge in [0.25, 0.3) is 0 Å². The highest BCUT2D eigenvalue weighted by Gasteiger charge is 2.49. The van der Waals surface area contributed by atoms with E-state index in [1.165, 1.54) is 0 Å². The average Bonchev–Trinajstić information content (AvgIpc) is 3.04. The van der Waals surface area contributed by atoms with E-state index in [4.69, 9.17) is 23.7 Å². The summed E-state index contributed by atoms with van der Waals surface area (Å²) in [5.41, 5.74) is 3.99. The zero-order chi connectivity index (χ0) is 29.7. The van der Waals surface area contributed by atoms with E-state index in [9.17, 15) is 9.90 Å². The van der Waals surface area contributed by atoms with Gasteiger partial charge in [0.05, 0.1) is 45.6 Å². The van der Waals surface area contributed by atoms with Crippen molar-refractivity contribution in [3.05, 3.63) is 144 Å². The van der Waals surface area contributed by atoms with E-state index in [2.05, 4.69) is 0 Å². The van der Waals surface area contributed by atoms with Crippen LogP contribution in [0.4, 0.5) is 0 Å². The van der Waals surface area contributed by atoms with Crippen LogP contribution in [0.3, 0.4) is 0 Å². The summed E-state index contributed by atoms with van der Waals surface area (Å²) < 4.78 is 32.2. The molecule has 0 radical (unpaired) electrons. The minimum Gasteiger partial charge on any atom is -0.481 e. The topological polar surface area (TPSA) is 83.5 Å². The largest absolute Gasteiger partial charge is 0.481 e. The molecule has 1 saturated heterocycles. The first-order valence-electron chi connectivity index (χ1n) is 14.6. The molecule has 1 N–H and O–H groups in total. The quantitative estimate of drug-likeness (QED) is 0.179. The number of carbonyl (C=O) groups is 1. The van der Waals surface area contributed by atoms with Crippen LogP contribution in [0.2, 0.25) is 0 Å². The SMILES string of the molecule is O=C(O)C[C@H]1O[C@H](COCc2ccccc2)[C@@H](OCc2ccccc2)[C@@H](OCc2ccccc2)[C@@H]1OCc1ccccc1. The molecule has 0 aromatic heterocycles. The lowest BCUT2D eigenvalue weighted by Gasteiger charge is -2.46. The molecule has 1 aliphatic rings. The molecule has 1 aliphatic heterocycles. The Morgan fingerprint density at radius 1 is 0.535 bits per heavy atom. The van der Waals surface area contributed by atoms with E-state index in [0.29, 0.717) is 19.8 Å². The van der Waals surface area contributed by atoms with Gasteiger partial charge in [-0.15, -0.1) is 0 Å². The van der Waals surface area contributed by atoms with E-state index in [0.717, 1.165) is 22.3 Å². The summed E-state index contributed by atoms with van der Waals surface area (Å²) in [5.74, 6) is -0.979. The number of carboxylic acid groups (broad SMARTS) is 1. The van der Waals surface area contributed by atoms with Crippen molar-refractivity contribution in [2.24, 2.45) is 0 Å². The zero-order valence-corrected chi connectivity index (χ0v) is 24.1. The average molecular weight is 583 g/mol. The summed E-state index contributed by atoms with van der Waals surface area (Å²) in [7, 11) is 0. The Labute approximate surface area is 252 Å². The first kappa shape index (κ1) is 30.6. The van der Waals surface area contributed by atoms with E-state index in [1.54, 1.807) is 0 Å².